The summed E-state index contributed by atoms with van der Waals surface area (Å²) in [4.78, 5) is 0. The average Bonchev–Trinajstić information content (AvgIpc) is 3.04. The predicted octanol–water partition coefficient (Wildman–Crippen LogP) is 7.63. The maximum Gasteiger partial charge on any atom is 0.261 e. The molecule has 0 aliphatic heterocycles. The van der Waals surface area contributed by atoms with Gasteiger partial charge in [0.05, 0.1) is 38.1 Å². The Morgan fingerprint density at radius 2 is 1.29 bits per heavy atom. The minimum Gasteiger partial charge on any atom is -0.497 e. The molecule has 0 aliphatic carbocycles. The van der Waals surface area contributed by atoms with E-state index >= 15 is 0 Å². The molecule has 0 heterocycles. The fourth-order valence-electron chi connectivity index (χ4n) is 5.63. The van der Waals surface area contributed by atoms with Gasteiger partial charge in [0.15, 0.2) is 8.32 Å². The molecule has 4 atom stereocenters. The van der Waals surface area contributed by atoms with Crippen LogP contribution in [0.2, 0.25) is 23.2 Å². The molecular formula is C40H60O6Si2. The van der Waals surface area contributed by atoms with E-state index in [9.17, 15) is 10.2 Å². The molecule has 0 saturated heterocycles. The van der Waals surface area contributed by atoms with Crippen molar-refractivity contribution in [3.63, 3.8) is 0 Å². The maximum absolute atomic E-state index is 11.1. The highest BCUT2D eigenvalue weighted by Gasteiger charge is 2.51. The van der Waals surface area contributed by atoms with Gasteiger partial charge in [0, 0.05) is 13.0 Å². The van der Waals surface area contributed by atoms with Crippen LogP contribution < -0.4 is 15.1 Å². The summed E-state index contributed by atoms with van der Waals surface area (Å²) in [6.07, 6.45) is 1.96. The van der Waals surface area contributed by atoms with Gasteiger partial charge in [0.2, 0.25) is 0 Å². The molecule has 0 amide bonds. The summed E-state index contributed by atoms with van der Waals surface area (Å²) in [5.74, 6) is 0.808. The van der Waals surface area contributed by atoms with Crippen LogP contribution in [0.25, 0.3) is 0 Å². The third-order valence-electron chi connectivity index (χ3n) is 9.60. The Hall–Kier alpha value is -2.57. The van der Waals surface area contributed by atoms with Gasteiger partial charge >= 0.3 is 0 Å². The molecule has 0 bridgehead atoms. The quantitative estimate of drug-likeness (QED) is 0.112. The summed E-state index contributed by atoms with van der Waals surface area (Å²) in [7, 11) is -3.21. The monoisotopic (exact) mass is 692 g/mol. The zero-order valence-electron chi connectivity index (χ0n) is 30.9. The molecule has 0 aliphatic rings. The molecule has 3 aromatic rings. The summed E-state index contributed by atoms with van der Waals surface area (Å²) >= 11 is 0. The zero-order chi connectivity index (χ0) is 35.6. The van der Waals surface area contributed by atoms with Crippen molar-refractivity contribution < 1.29 is 28.5 Å². The zero-order valence-corrected chi connectivity index (χ0v) is 32.9. The number of ether oxygens (including phenoxy) is 2. The second kappa shape index (κ2) is 17.4. The summed E-state index contributed by atoms with van der Waals surface area (Å²) < 4.78 is 25.4. The first kappa shape index (κ1) is 39.9. The van der Waals surface area contributed by atoms with E-state index in [-0.39, 0.29) is 16.2 Å². The highest BCUT2D eigenvalue weighted by atomic mass is 28.4. The van der Waals surface area contributed by atoms with Crippen LogP contribution in [0.4, 0.5) is 0 Å². The Balaban J connectivity index is 1.90. The van der Waals surface area contributed by atoms with Crippen molar-refractivity contribution in [3.05, 3.63) is 103 Å². The van der Waals surface area contributed by atoms with Crippen LogP contribution >= 0.6 is 0 Å². The Bertz CT molecular complexity index is 1340. The highest BCUT2D eigenvalue weighted by molar-refractivity contribution is 6.99. The summed E-state index contributed by atoms with van der Waals surface area (Å²) in [5, 5.41) is 24.3. The fraction of sp³-hybridized carbons (Fsp3) is 0.500. The van der Waals surface area contributed by atoms with Crippen LogP contribution in [0, 0.1) is 0 Å². The van der Waals surface area contributed by atoms with Crippen molar-refractivity contribution in [2.24, 2.45) is 0 Å². The minimum atomic E-state index is -2.92. The lowest BCUT2D eigenvalue weighted by molar-refractivity contribution is 0.0245. The number of benzene rings is 3. The first-order valence-corrected chi connectivity index (χ1v) is 22.0. The molecule has 0 fully saturated rings. The lowest BCUT2D eigenvalue weighted by Gasteiger charge is -2.45. The molecule has 3 aromatic carbocycles. The van der Waals surface area contributed by atoms with E-state index < -0.39 is 34.9 Å². The first-order chi connectivity index (χ1) is 22.5. The minimum absolute atomic E-state index is 0.0775. The smallest absolute Gasteiger partial charge is 0.261 e. The Morgan fingerprint density at radius 3 is 1.77 bits per heavy atom. The number of methoxy groups -OCH3 is 1. The van der Waals surface area contributed by atoms with E-state index in [4.69, 9.17) is 18.3 Å². The van der Waals surface area contributed by atoms with Crippen molar-refractivity contribution in [2.75, 3.05) is 13.7 Å². The number of aliphatic hydroxyl groups is 2. The van der Waals surface area contributed by atoms with Gasteiger partial charge < -0.3 is 28.5 Å². The van der Waals surface area contributed by atoms with Gasteiger partial charge in [-0.1, -0.05) is 126 Å². The van der Waals surface area contributed by atoms with E-state index in [1.165, 1.54) is 10.4 Å². The first-order valence-electron chi connectivity index (χ1n) is 17.2. The van der Waals surface area contributed by atoms with E-state index in [1.807, 2.05) is 42.5 Å². The summed E-state index contributed by atoms with van der Waals surface area (Å²) in [6, 6.07) is 29.0. The Labute approximate surface area is 292 Å². The highest BCUT2D eigenvalue weighted by Crippen LogP contribution is 2.39. The van der Waals surface area contributed by atoms with Crippen LogP contribution in [0.1, 0.15) is 66.9 Å². The second-order valence-electron chi connectivity index (χ2n) is 15.4. The number of aliphatic hydroxyl groups excluding tert-OH is 2. The largest absolute Gasteiger partial charge is 0.497 e. The van der Waals surface area contributed by atoms with Crippen molar-refractivity contribution in [1.29, 1.82) is 0 Å². The van der Waals surface area contributed by atoms with E-state index in [0.717, 1.165) is 11.3 Å². The van der Waals surface area contributed by atoms with Crippen molar-refractivity contribution in [2.45, 2.75) is 116 Å². The van der Waals surface area contributed by atoms with Crippen LogP contribution in [-0.2, 0) is 20.2 Å². The van der Waals surface area contributed by atoms with Crippen LogP contribution in [-0.4, -0.2) is 65.0 Å². The van der Waals surface area contributed by atoms with Crippen LogP contribution in [0.5, 0.6) is 5.75 Å². The molecule has 0 saturated carbocycles. The molecule has 0 radical (unpaired) electrons. The summed E-state index contributed by atoms with van der Waals surface area (Å²) in [6.45, 7) is 20.7. The van der Waals surface area contributed by atoms with Gasteiger partial charge in [-0.2, -0.15) is 0 Å². The average molecular weight is 693 g/mol. The molecule has 3 rings (SSSR count). The molecule has 48 heavy (non-hydrogen) atoms. The predicted molar refractivity (Wildman–Crippen MR) is 203 cm³/mol. The van der Waals surface area contributed by atoms with Gasteiger partial charge in [-0.3, -0.25) is 0 Å². The SMILES string of the molecule is COc1ccc(CO[C@H](C)C[C@@H](/C=C/[C@H](O)[C@@H](O)CCO[Si](C)(C)C(C)(C)C)O[Si](c2ccccc2)(c2ccccc2)C(C)(C)C)cc1. The number of rotatable bonds is 17. The standard InChI is InChI=1S/C40H60O6Si2/c1-31(44-30-32-21-23-33(43-8)24-22-32)29-34(25-26-37(41)38(42)27-28-45-47(9,10)39(2,3)4)46-48(40(5,6)7,35-17-13-11-14-18-35)36-19-15-12-16-20-36/h11-26,31,34,37-38,41-42H,27-30H2,1-10H3/b26-25+/t31-,34-,37+,38+/m1/s1. The molecule has 0 unspecified atom stereocenters. The molecule has 0 aromatic heterocycles. The van der Waals surface area contributed by atoms with Gasteiger partial charge in [-0.25, -0.2) is 0 Å². The van der Waals surface area contributed by atoms with Gasteiger partial charge in [0.1, 0.15) is 5.75 Å². The lowest BCUT2D eigenvalue weighted by Crippen LogP contribution is -2.67. The molecule has 0 spiro atoms. The van der Waals surface area contributed by atoms with E-state index in [2.05, 4.69) is 110 Å². The topological polar surface area (TPSA) is 77.4 Å². The van der Waals surface area contributed by atoms with Gasteiger partial charge in [-0.05, 0) is 64.6 Å². The molecular weight excluding hydrogens is 633 g/mol. The second-order valence-corrected chi connectivity index (χ2v) is 24.4. The lowest BCUT2D eigenvalue weighted by atomic mass is 10.1. The Kier molecular flexibility index (Phi) is 14.4. The number of hydrogen-bond donors (Lipinski definition) is 2. The Morgan fingerprint density at radius 1 is 0.750 bits per heavy atom. The molecule has 264 valence electrons. The third-order valence-corrected chi connectivity index (χ3v) is 19.2. The van der Waals surface area contributed by atoms with E-state index in [1.54, 1.807) is 13.2 Å². The van der Waals surface area contributed by atoms with Gasteiger partial charge in [0.25, 0.3) is 8.32 Å². The van der Waals surface area contributed by atoms with Crippen LogP contribution in [0.15, 0.2) is 97.1 Å². The molecule has 8 heteroatoms. The number of hydrogen-bond acceptors (Lipinski definition) is 6. The van der Waals surface area contributed by atoms with Gasteiger partial charge in [-0.15, -0.1) is 0 Å². The normalized spacial score (nSPS) is 15.7. The van der Waals surface area contributed by atoms with Crippen molar-refractivity contribution in [1.82, 2.24) is 0 Å². The summed E-state index contributed by atoms with van der Waals surface area (Å²) in [5.41, 5.74) is 1.06. The maximum atomic E-state index is 11.1. The van der Waals surface area contributed by atoms with E-state index in [0.29, 0.717) is 26.1 Å². The third kappa shape index (κ3) is 10.7. The van der Waals surface area contributed by atoms with Crippen molar-refractivity contribution >= 4 is 27.0 Å². The fourth-order valence-corrected chi connectivity index (χ4v) is 11.3. The molecule has 2 N–H and O–H groups in total. The molecule has 6 nitrogen and oxygen atoms in total. The van der Waals surface area contributed by atoms with Crippen LogP contribution in [0.3, 0.4) is 0 Å². The van der Waals surface area contributed by atoms with Crippen molar-refractivity contribution in [3.8, 4) is 5.75 Å².